The summed E-state index contributed by atoms with van der Waals surface area (Å²) in [6.45, 7) is 12.8. The molecule has 0 unspecified atom stereocenters. The van der Waals surface area contributed by atoms with Crippen LogP contribution in [0.25, 0.3) is 0 Å². The van der Waals surface area contributed by atoms with Crippen LogP contribution in [0, 0.1) is 0 Å². The van der Waals surface area contributed by atoms with Crippen LogP contribution in [0.3, 0.4) is 0 Å². The molecule has 2 heterocycles. The summed E-state index contributed by atoms with van der Waals surface area (Å²) in [5.74, 6) is 1.94. The van der Waals surface area contributed by atoms with Crippen molar-refractivity contribution in [3.8, 4) is 0 Å². The molecule has 0 spiro atoms. The quantitative estimate of drug-likeness (QED) is 0.199. The number of nitrogens with one attached hydrogen (secondary N) is 2. The lowest BCUT2D eigenvalue weighted by atomic mass is 10.2. The fourth-order valence-corrected chi connectivity index (χ4v) is 3.95. The molecule has 1 saturated heterocycles. The van der Waals surface area contributed by atoms with Gasteiger partial charge in [-0.15, -0.1) is 24.0 Å². The molecule has 1 aromatic heterocycles. The first-order valence-electron chi connectivity index (χ1n) is 11.9. The van der Waals surface area contributed by atoms with Crippen molar-refractivity contribution in [1.82, 2.24) is 20.5 Å². The average molecular weight is 566 g/mol. The highest BCUT2D eigenvalue weighted by atomic mass is 127. The van der Waals surface area contributed by atoms with Crippen LogP contribution in [-0.4, -0.2) is 75.2 Å². The van der Waals surface area contributed by atoms with Gasteiger partial charge < -0.3 is 25.3 Å². The second kappa shape index (κ2) is 15.0. The van der Waals surface area contributed by atoms with Crippen LogP contribution in [-0.2, 0) is 6.54 Å². The van der Waals surface area contributed by atoms with Crippen LogP contribution >= 0.6 is 24.0 Å². The van der Waals surface area contributed by atoms with Gasteiger partial charge in [-0.25, -0.2) is 9.98 Å². The standard InChI is InChI=1S/C25H39N7.HI/c1-4-26-25(28-15-10-16-31(5-2)23-12-7-6-8-13-23)29-21-22-11-9-14-27-24(22)32-19-17-30(3)18-20-32;/h6-9,11-14H,4-5,10,15-21H2,1-3H3,(H2,26,28,29);1H. The summed E-state index contributed by atoms with van der Waals surface area (Å²) < 4.78 is 0. The Morgan fingerprint density at radius 2 is 1.79 bits per heavy atom. The molecule has 7 nitrogen and oxygen atoms in total. The van der Waals surface area contributed by atoms with E-state index in [9.17, 15) is 0 Å². The summed E-state index contributed by atoms with van der Waals surface area (Å²) in [7, 11) is 2.18. The van der Waals surface area contributed by atoms with Crippen LogP contribution < -0.4 is 20.4 Å². The van der Waals surface area contributed by atoms with Crippen molar-refractivity contribution in [3.05, 3.63) is 54.2 Å². The third kappa shape index (κ3) is 8.66. The van der Waals surface area contributed by atoms with Crippen molar-refractivity contribution in [3.63, 3.8) is 0 Å². The highest BCUT2D eigenvalue weighted by molar-refractivity contribution is 14.0. The molecule has 1 aromatic carbocycles. The maximum Gasteiger partial charge on any atom is 0.191 e. The number of aliphatic imine (C=N–C) groups is 1. The zero-order valence-electron chi connectivity index (χ0n) is 20.3. The van der Waals surface area contributed by atoms with Gasteiger partial charge in [0.25, 0.3) is 0 Å². The Labute approximate surface area is 216 Å². The SMILES string of the molecule is CCNC(=NCc1cccnc1N1CCN(C)CC1)NCCCN(CC)c1ccccc1.I. The number of hydrogen-bond acceptors (Lipinski definition) is 5. The van der Waals surface area contributed by atoms with Gasteiger partial charge in [-0.1, -0.05) is 24.3 Å². The predicted molar refractivity (Wildman–Crippen MR) is 151 cm³/mol. The van der Waals surface area contributed by atoms with Crippen molar-refractivity contribution in [1.29, 1.82) is 0 Å². The molecular weight excluding hydrogens is 525 g/mol. The molecule has 1 aliphatic rings. The number of pyridine rings is 1. The molecule has 8 heteroatoms. The first-order valence-corrected chi connectivity index (χ1v) is 11.9. The lowest BCUT2D eigenvalue weighted by Gasteiger charge is -2.34. The van der Waals surface area contributed by atoms with Crippen LogP contribution in [0.1, 0.15) is 25.8 Å². The summed E-state index contributed by atoms with van der Waals surface area (Å²) >= 11 is 0. The second-order valence-electron chi connectivity index (χ2n) is 8.17. The van der Waals surface area contributed by atoms with E-state index in [4.69, 9.17) is 4.99 Å². The van der Waals surface area contributed by atoms with Crippen molar-refractivity contribution in [2.24, 2.45) is 4.99 Å². The summed E-state index contributed by atoms with van der Waals surface area (Å²) in [5, 5.41) is 6.87. The molecule has 33 heavy (non-hydrogen) atoms. The number of aromatic nitrogens is 1. The summed E-state index contributed by atoms with van der Waals surface area (Å²) in [4.78, 5) is 16.7. The van der Waals surface area contributed by atoms with E-state index in [1.165, 1.54) is 11.3 Å². The number of nitrogens with zero attached hydrogens (tertiary/aromatic N) is 5. The van der Waals surface area contributed by atoms with Crippen LogP contribution in [0.5, 0.6) is 0 Å². The number of halogens is 1. The molecule has 0 atom stereocenters. The van der Waals surface area contributed by atoms with Crippen molar-refractivity contribution in [2.75, 3.05) is 69.2 Å². The Morgan fingerprint density at radius 1 is 1.03 bits per heavy atom. The highest BCUT2D eigenvalue weighted by Gasteiger charge is 2.17. The lowest BCUT2D eigenvalue weighted by Crippen LogP contribution is -2.45. The van der Waals surface area contributed by atoms with Crippen LogP contribution in [0.15, 0.2) is 53.7 Å². The minimum absolute atomic E-state index is 0. The van der Waals surface area contributed by atoms with Gasteiger partial charge in [0, 0.05) is 69.8 Å². The Bertz CT molecular complexity index is 823. The Balaban J connectivity index is 0.00000385. The van der Waals surface area contributed by atoms with Crippen molar-refractivity contribution < 1.29 is 0 Å². The smallest absolute Gasteiger partial charge is 0.191 e. The number of hydrogen-bond donors (Lipinski definition) is 2. The minimum Gasteiger partial charge on any atom is -0.372 e. The molecule has 0 saturated carbocycles. The zero-order valence-corrected chi connectivity index (χ0v) is 22.7. The van der Waals surface area contributed by atoms with E-state index < -0.39 is 0 Å². The van der Waals surface area contributed by atoms with E-state index >= 15 is 0 Å². The Morgan fingerprint density at radius 3 is 2.48 bits per heavy atom. The number of para-hydroxylation sites is 1. The van der Waals surface area contributed by atoms with Crippen LogP contribution in [0.2, 0.25) is 0 Å². The number of piperazine rings is 1. The van der Waals surface area contributed by atoms with Crippen molar-refractivity contribution >= 4 is 41.4 Å². The maximum atomic E-state index is 4.85. The van der Waals surface area contributed by atoms with E-state index in [2.05, 4.69) is 87.6 Å². The van der Waals surface area contributed by atoms with E-state index in [0.29, 0.717) is 6.54 Å². The number of benzene rings is 1. The highest BCUT2D eigenvalue weighted by Crippen LogP contribution is 2.19. The van der Waals surface area contributed by atoms with E-state index in [-0.39, 0.29) is 24.0 Å². The first-order chi connectivity index (χ1) is 15.7. The second-order valence-corrected chi connectivity index (χ2v) is 8.17. The first kappa shape index (κ1) is 27.2. The van der Waals surface area contributed by atoms with E-state index in [1.54, 1.807) is 0 Å². The summed E-state index contributed by atoms with van der Waals surface area (Å²) in [5.41, 5.74) is 2.46. The van der Waals surface area contributed by atoms with Gasteiger partial charge >= 0.3 is 0 Å². The largest absolute Gasteiger partial charge is 0.372 e. The zero-order chi connectivity index (χ0) is 22.6. The number of anilines is 2. The molecule has 182 valence electrons. The fourth-order valence-electron chi connectivity index (χ4n) is 3.95. The van der Waals surface area contributed by atoms with Gasteiger partial charge in [-0.2, -0.15) is 0 Å². The molecule has 0 bridgehead atoms. The fraction of sp³-hybridized carbons (Fsp3) is 0.520. The molecule has 0 amide bonds. The van der Waals surface area contributed by atoms with Gasteiger partial charge in [-0.05, 0) is 45.5 Å². The average Bonchev–Trinajstić information content (AvgIpc) is 2.84. The molecule has 0 radical (unpaired) electrons. The minimum atomic E-state index is 0. The molecule has 0 aliphatic carbocycles. The lowest BCUT2D eigenvalue weighted by molar-refractivity contribution is 0.312. The molecule has 1 fully saturated rings. The van der Waals surface area contributed by atoms with Gasteiger partial charge in [0.2, 0.25) is 0 Å². The monoisotopic (exact) mass is 565 g/mol. The van der Waals surface area contributed by atoms with Gasteiger partial charge in [0.05, 0.1) is 6.54 Å². The number of likely N-dealkylation sites (N-methyl/N-ethyl adjacent to an activating group) is 1. The summed E-state index contributed by atoms with van der Waals surface area (Å²) in [6.07, 6.45) is 2.93. The molecule has 2 aromatic rings. The normalized spacial score (nSPS) is 14.5. The van der Waals surface area contributed by atoms with E-state index in [0.717, 1.165) is 70.6 Å². The van der Waals surface area contributed by atoms with E-state index in [1.807, 2.05) is 12.3 Å². The van der Waals surface area contributed by atoms with Gasteiger partial charge in [0.1, 0.15) is 5.82 Å². The number of rotatable bonds is 10. The maximum absolute atomic E-state index is 4.85. The third-order valence-electron chi connectivity index (χ3n) is 5.82. The Kier molecular flexibility index (Phi) is 12.3. The molecule has 3 rings (SSSR count). The third-order valence-corrected chi connectivity index (χ3v) is 5.82. The van der Waals surface area contributed by atoms with Crippen molar-refractivity contribution in [2.45, 2.75) is 26.8 Å². The summed E-state index contributed by atoms with van der Waals surface area (Å²) in [6, 6.07) is 14.8. The van der Waals surface area contributed by atoms with Gasteiger partial charge in [-0.3, -0.25) is 0 Å². The molecule has 2 N–H and O–H groups in total. The molecule has 1 aliphatic heterocycles. The topological polar surface area (TPSA) is 59.0 Å². The van der Waals surface area contributed by atoms with Crippen LogP contribution in [0.4, 0.5) is 11.5 Å². The number of guanidine groups is 1. The Hall–Kier alpha value is -2.07. The van der Waals surface area contributed by atoms with Gasteiger partial charge in [0.15, 0.2) is 5.96 Å². The molecular formula is C25H40IN7. The predicted octanol–water partition coefficient (Wildman–Crippen LogP) is 3.42.